The molecular weight excluding hydrogens is 304 g/mol. The Labute approximate surface area is 144 Å². The average molecular weight is 332 g/mol. The molecule has 2 rings (SSSR count). The molecule has 1 atom stereocenters. The van der Waals surface area contributed by atoms with Crippen LogP contribution in [-0.4, -0.2) is 41.5 Å². The van der Waals surface area contributed by atoms with Gasteiger partial charge < -0.3 is 15.3 Å². The molecular formula is C19H28N2O3. The number of likely N-dealkylation sites (tertiary alicyclic amines) is 1. The van der Waals surface area contributed by atoms with Crippen molar-refractivity contribution in [2.45, 2.75) is 39.7 Å². The number of aliphatic hydroxyl groups is 1. The van der Waals surface area contributed by atoms with E-state index in [4.69, 9.17) is 0 Å². The third-order valence-electron chi connectivity index (χ3n) is 4.56. The molecule has 0 aromatic heterocycles. The molecule has 1 aromatic carbocycles. The predicted octanol–water partition coefficient (Wildman–Crippen LogP) is 1.95. The minimum absolute atomic E-state index is 0.0410. The summed E-state index contributed by atoms with van der Waals surface area (Å²) < 4.78 is 0. The van der Waals surface area contributed by atoms with E-state index >= 15 is 0 Å². The molecule has 24 heavy (non-hydrogen) atoms. The van der Waals surface area contributed by atoms with Crippen molar-refractivity contribution in [2.24, 2.45) is 11.3 Å². The molecule has 1 aliphatic rings. The molecule has 2 N–H and O–H groups in total. The van der Waals surface area contributed by atoms with E-state index in [0.29, 0.717) is 26.1 Å². The number of nitrogens with zero attached hydrogens (tertiary/aromatic N) is 1. The van der Waals surface area contributed by atoms with Crippen LogP contribution < -0.4 is 5.32 Å². The molecule has 1 aliphatic heterocycles. The zero-order valence-corrected chi connectivity index (χ0v) is 14.6. The van der Waals surface area contributed by atoms with Gasteiger partial charge in [0.25, 0.3) is 0 Å². The summed E-state index contributed by atoms with van der Waals surface area (Å²) >= 11 is 0. The van der Waals surface area contributed by atoms with Crippen molar-refractivity contribution in [3.8, 4) is 0 Å². The summed E-state index contributed by atoms with van der Waals surface area (Å²) in [5.41, 5.74) is 0.971. The number of carbonyl (C=O) groups excluding carboxylic acids is 2. The molecule has 1 unspecified atom stereocenters. The summed E-state index contributed by atoms with van der Waals surface area (Å²) in [5, 5.41) is 12.2. The van der Waals surface area contributed by atoms with E-state index in [-0.39, 0.29) is 29.8 Å². The molecule has 5 heteroatoms. The van der Waals surface area contributed by atoms with E-state index in [1.807, 2.05) is 44.2 Å². The van der Waals surface area contributed by atoms with Gasteiger partial charge >= 0.3 is 0 Å². The smallest absolute Gasteiger partial charge is 0.225 e. The lowest BCUT2D eigenvalue weighted by atomic mass is 9.89. The molecule has 0 bridgehead atoms. The molecule has 5 nitrogen and oxygen atoms in total. The maximum atomic E-state index is 12.2. The largest absolute Gasteiger partial charge is 0.396 e. The van der Waals surface area contributed by atoms with Crippen molar-refractivity contribution < 1.29 is 14.7 Å². The van der Waals surface area contributed by atoms with Crippen LogP contribution in [0.5, 0.6) is 0 Å². The minimum Gasteiger partial charge on any atom is -0.396 e. The summed E-state index contributed by atoms with van der Waals surface area (Å²) in [5.74, 6) is -0.256. The van der Waals surface area contributed by atoms with Crippen LogP contribution in [0.25, 0.3) is 0 Å². The minimum atomic E-state index is -0.257. The van der Waals surface area contributed by atoms with Gasteiger partial charge in [-0.25, -0.2) is 0 Å². The van der Waals surface area contributed by atoms with Crippen LogP contribution in [0.1, 0.15) is 38.7 Å². The van der Waals surface area contributed by atoms with Crippen molar-refractivity contribution in [1.82, 2.24) is 10.2 Å². The first-order chi connectivity index (χ1) is 11.4. The number of carbonyl (C=O) groups is 2. The summed E-state index contributed by atoms with van der Waals surface area (Å²) in [6.45, 7) is 5.80. The molecule has 0 saturated carbocycles. The van der Waals surface area contributed by atoms with Gasteiger partial charge in [-0.05, 0) is 23.8 Å². The number of rotatable bonds is 8. The van der Waals surface area contributed by atoms with Gasteiger partial charge in [0.15, 0.2) is 0 Å². The molecule has 0 aliphatic carbocycles. The van der Waals surface area contributed by atoms with E-state index < -0.39 is 0 Å². The predicted molar refractivity (Wildman–Crippen MR) is 93.1 cm³/mol. The second-order valence-electron chi connectivity index (χ2n) is 7.38. The standard InChI is InChI=1S/C19H28N2O3/c1-19(2,14-22)9-6-10-20-18(24)16-11-17(23)21(13-16)12-15-7-4-3-5-8-15/h3-5,7-8,16,22H,6,9-14H2,1-2H3,(H,20,24). The summed E-state index contributed by atoms with van der Waals surface area (Å²) in [6, 6.07) is 9.83. The summed E-state index contributed by atoms with van der Waals surface area (Å²) in [6.07, 6.45) is 1.97. The molecule has 2 amide bonds. The van der Waals surface area contributed by atoms with Crippen LogP contribution in [0.2, 0.25) is 0 Å². The van der Waals surface area contributed by atoms with Crippen LogP contribution in [0, 0.1) is 11.3 Å². The summed E-state index contributed by atoms with van der Waals surface area (Å²) in [7, 11) is 0. The third-order valence-corrected chi connectivity index (χ3v) is 4.56. The van der Waals surface area contributed by atoms with Crippen LogP contribution >= 0.6 is 0 Å². The first-order valence-electron chi connectivity index (χ1n) is 8.61. The van der Waals surface area contributed by atoms with Crippen molar-refractivity contribution >= 4 is 11.8 Å². The Balaban J connectivity index is 1.75. The van der Waals surface area contributed by atoms with Gasteiger partial charge in [-0.1, -0.05) is 44.2 Å². The molecule has 1 aromatic rings. The maximum absolute atomic E-state index is 12.2. The van der Waals surface area contributed by atoms with Gasteiger partial charge in [-0.2, -0.15) is 0 Å². The second kappa shape index (κ2) is 8.29. The summed E-state index contributed by atoms with van der Waals surface area (Å²) in [4.78, 5) is 26.1. The van der Waals surface area contributed by atoms with Crippen molar-refractivity contribution in [3.05, 3.63) is 35.9 Å². The first kappa shape index (κ1) is 18.5. The van der Waals surface area contributed by atoms with Gasteiger partial charge in [-0.15, -0.1) is 0 Å². The topological polar surface area (TPSA) is 69.6 Å². The van der Waals surface area contributed by atoms with Gasteiger partial charge in [0.05, 0.1) is 5.92 Å². The Kier molecular flexibility index (Phi) is 6.37. The molecule has 1 heterocycles. The Morgan fingerprint density at radius 3 is 2.71 bits per heavy atom. The zero-order chi connectivity index (χ0) is 17.6. The van der Waals surface area contributed by atoms with Gasteiger partial charge in [0, 0.05) is 32.7 Å². The van der Waals surface area contributed by atoms with E-state index in [1.165, 1.54) is 0 Å². The zero-order valence-electron chi connectivity index (χ0n) is 14.6. The highest BCUT2D eigenvalue weighted by atomic mass is 16.3. The first-order valence-corrected chi connectivity index (χ1v) is 8.61. The van der Waals surface area contributed by atoms with Gasteiger partial charge in [0.1, 0.15) is 0 Å². The molecule has 132 valence electrons. The lowest BCUT2D eigenvalue weighted by Gasteiger charge is -2.21. The highest BCUT2D eigenvalue weighted by molar-refractivity contribution is 5.89. The van der Waals surface area contributed by atoms with E-state index in [0.717, 1.165) is 18.4 Å². The van der Waals surface area contributed by atoms with Crippen molar-refractivity contribution in [1.29, 1.82) is 0 Å². The van der Waals surface area contributed by atoms with E-state index in [2.05, 4.69) is 5.32 Å². The van der Waals surface area contributed by atoms with E-state index in [9.17, 15) is 14.7 Å². The van der Waals surface area contributed by atoms with Crippen LogP contribution in [0.4, 0.5) is 0 Å². The van der Waals surface area contributed by atoms with Gasteiger partial charge in [0.2, 0.25) is 11.8 Å². The highest BCUT2D eigenvalue weighted by Crippen LogP contribution is 2.22. The monoisotopic (exact) mass is 332 g/mol. The van der Waals surface area contributed by atoms with Crippen LogP contribution in [0.15, 0.2) is 30.3 Å². The second-order valence-corrected chi connectivity index (χ2v) is 7.38. The lowest BCUT2D eigenvalue weighted by Crippen LogP contribution is -2.34. The normalized spacial score (nSPS) is 18.0. The number of aliphatic hydroxyl groups excluding tert-OH is 1. The average Bonchev–Trinajstić information content (AvgIpc) is 2.93. The van der Waals surface area contributed by atoms with Crippen LogP contribution in [-0.2, 0) is 16.1 Å². The fourth-order valence-electron chi connectivity index (χ4n) is 2.91. The van der Waals surface area contributed by atoms with Gasteiger partial charge in [-0.3, -0.25) is 9.59 Å². The third kappa shape index (κ3) is 5.34. The quantitative estimate of drug-likeness (QED) is 0.715. The fourth-order valence-corrected chi connectivity index (χ4v) is 2.91. The van der Waals surface area contributed by atoms with Crippen molar-refractivity contribution in [2.75, 3.05) is 19.7 Å². The van der Waals surface area contributed by atoms with Crippen molar-refractivity contribution in [3.63, 3.8) is 0 Å². The number of benzene rings is 1. The maximum Gasteiger partial charge on any atom is 0.225 e. The number of hydrogen-bond acceptors (Lipinski definition) is 3. The Morgan fingerprint density at radius 2 is 2.04 bits per heavy atom. The molecule has 0 spiro atoms. The highest BCUT2D eigenvalue weighted by Gasteiger charge is 2.34. The lowest BCUT2D eigenvalue weighted by molar-refractivity contribution is -0.129. The van der Waals surface area contributed by atoms with Crippen LogP contribution in [0.3, 0.4) is 0 Å². The Bertz CT molecular complexity index is 557. The SMILES string of the molecule is CC(C)(CO)CCCNC(=O)C1CC(=O)N(Cc2ccccc2)C1. The fraction of sp³-hybridized carbons (Fsp3) is 0.579. The molecule has 1 fully saturated rings. The Hall–Kier alpha value is -1.88. The number of hydrogen-bond donors (Lipinski definition) is 2. The number of amides is 2. The molecule has 1 saturated heterocycles. The Morgan fingerprint density at radius 1 is 1.33 bits per heavy atom. The van der Waals surface area contributed by atoms with E-state index in [1.54, 1.807) is 4.90 Å². The molecule has 0 radical (unpaired) electrons. The number of nitrogens with one attached hydrogen (secondary N) is 1.